The first-order valence-corrected chi connectivity index (χ1v) is 8.73. The number of carbonyl (C=O) groups excluding carboxylic acids is 1. The highest BCUT2D eigenvalue weighted by atomic mass is 32.1. The molecule has 2 aliphatic heterocycles. The first-order chi connectivity index (χ1) is 11.5. The van der Waals surface area contributed by atoms with Crippen molar-refractivity contribution < 1.29 is 9.53 Å². The Kier molecular flexibility index (Phi) is 3.64. The Balaban J connectivity index is 1.36. The fourth-order valence-corrected chi connectivity index (χ4v) is 3.71. The summed E-state index contributed by atoms with van der Waals surface area (Å²) in [4.78, 5) is 25.0. The summed E-state index contributed by atoms with van der Waals surface area (Å²) in [7, 11) is 0. The van der Waals surface area contributed by atoms with Crippen molar-refractivity contribution in [2.24, 2.45) is 0 Å². The molecule has 0 bridgehead atoms. The Morgan fingerprint density at radius 3 is 2.75 bits per heavy atom. The Hall–Kier alpha value is -2.22. The van der Waals surface area contributed by atoms with E-state index in [-0.39, 0.29) is 12.2 Å². The molecule has 4 rings (SSSR count). The standard InChI is InChI=1S/C16H19N5O2S/c1-9-10(2)13-6-21(7-14(13)19-11(9)3)16(22)23-12-4-20(5-12)15-17-8-18-24-15/h8,12H,4-7H2,1-3H3. The van der Waals surface area contributed by atoms with Crippen molar-refractivity contribution >= 4 is 22.8 Å². The molecule has 2 aromatic heterocycles. The summed E-state index contributed by atoms with van der Waals surface area (Å²) in [6, 6.07) is 0. The predicted molar refractivity (Wildman–Crippen MR) is 90.1 cm³/mol. The van der Waals surface area contributed by atoms with Gasteiger partial charge >= 0.3 is 6.09 Å². The Labute approximate surface area is 144 Å². The van der Waals surface area contributed by atoms with E-state index < -0.39 is 0 Å². The van der Waals surface area contributed by atoms with Gasteiger partial charge in [-0.05, 0) is 37.5 Å². The van der Waals surface area contributed by atoms with Gasteiger partial charge in [0, 0.05) is 17.2 Å². The van der Waals surface area contributed by atoms with E-state index in [9.17, 15) is 4.79 Å². The van der Waals surface area contributed by atoms with Gasteiger partial charge in [0.2, 0.25) is 5.13 Å². The Morgan fingerprint density at radius 2 is 2.04 bits per heavy atom. The van der Waals surface area contributed by atoms with Gasteiger partial charge in [-0.3, -0.25) is 9.88 Å². The van der Waals surface area contributed by atoms with E-state index in [0.29, 0.717) is 26.2 Å². The lowest BCUT2D eigenvalue weighted by Gasteiger charge is -2.38. The van der Waals surface area contributed by atoms with Crippen molar-refractivity contribution in [2.45, 2.75) is 40.0 Å². The minimum Gasteiger partial charge on any atom is -0.442 e. The normalized spacial score (nSPS) is 17.0. The van der Waals surface area contributed by atoms with Gasteiger partial charge < -0.3 is 9.64 Å². The molecule has 2 aliphatic rings. The largest absolute Gasteiger partial charge is 0.442 e. The number of fused-ring (bicyclic) bond motifs is 1. The van der Waals surface area contributed by atoms with E-state index in [0.717, 1.165) is 16.5 Å². The minimum absolute atomic E-state index is 0.0809. The van der Waals surface area contributed by atoms with Gasteiger partial charge in [0.25, 0.3) is 0 Å². The SMILES string of the molecule is Cc1nc2c(c(C)c1C)CN(C(=O)OC1CN(c3ncns3)C1)C2. The van der Waals surface area contributed by atoms with Crippen molar-refractivity contribution in [1.29, 1.82) is 0 Å². The number of anilines is 1. The second-order valence-corrected chi connectivity index (χ2v) is 7.12. The summed E-state index contributed by atoms with van der Waals surface area (Å²) in [5.74, 6) is 0. The van der Waals surface area contributed by atoms with Crippen LogP contribution in [0.2, 0.25) is 0 Å². The molecule has 0 unspecified atom stereocenters. The molecule has 1 amide bonds. The third-order valence-electron chi connectivity index (χ3n) is 4.89. The van der Waals surface area contributed by atoms with Gasteiger partial charge in [-0.15, -0.1) is 0 Å². The number of ether oxygens (including phenoxy) is 1. The van der Waals surface area contributed by atoms with E-state index in [4.69, 9.17) is 4.74 Å². The van der Waals surface area contributed by atoms with Crippen LogP contribution in [0, 0.1) is 20.8 Å². The maximum atomic E-state index is 12.4. The molecular formula is C16H19N5O2S. The van der Waals surface area contributed by atoms with Crippen molar-refractivity contribution in [3.05, 3.63) is 34.4 Å². The molecular weight excluding hydrogens is 326 g/mol. The lowest BCUT2D eigenvalue weighted by Crippen LogP contribution is -2.54. The topological polar surface area (TPSA) is 71.5 Å². The van der Waals surface area contributed by atoms with Gasteiger partial charge in [0.1, 0.15) is 12.4 Å². The first kappa shape index (κ1) is 15.3. The predicted octanol–water partition coefficient (Wildman–Crippen LogP) is 2.20. The average Bonchev–Trinajstić information content (AvgIpc) is 3.17. The molecule has 7 nitrogen and oxygen atoms in total. The number of amides is 1. The molecule has 1 fully saturated rings. The van der Waals surface area contributed by atoms with Gasteiger partial charge in [-0.25, -0.2) is 9.78 Å². The van der Waals surface area contributed by atoms with E-state index in [1.54, 1.807) is 11.2 Å². The highest BCUT2D eigenvalue weighted by Crippen LogP contribution is 2.29. The van der Waals surface area contributed by atoms with Crippen LogP contribution >= 0.6 is 11.5 Å². The maximum absolute atomic E-state index is 12.4. The number of hydrogen-bond donors (Lipinski definition) is 0. The van der Waals surface area contributed by atoms with Crippen molar-refractivity contribution in [1.82, 2.24) is 19.2 Å². The van der Waals surface area contributed by atoms with E-state index in [2.05, 4.69) is 33.1 Å². The molecule has 1 saturated heterocycles. The van der Waals surface area contributed by atoms with E-state index in [1.165, 1.54) is 28.2 Å². The summed E-state index contributed by atoms with van der Waals surface area (Å²) in [6.07, 6.45) is 1.20. The van der Waals surface area contributed by atoms with Crippen LogP contribution in [-0.2, 0) is 17.8 Å². The van der Waals surface area contributed by atoms with Crippen LogP contribution in [-0.4, -0.2) is 44.5 Å². The lowest BCUT2D eigenvalue weighted by atomic mass is 10.0. The number of hydrogen-bond acceptors (Lipinski definition) is 7. The zero-order chi connectivity index (χ0) is 16.8. The van der Waals surface area contributed by atoms with Crippen LogP contribution in [0.1, 0.15) is 28.1 Å². The third-order valence-corrected chi connectivity index (χ3v) is 5.62. The minimum atomic E-state index is -0.260. The molecule has 8 heteroatoms. The molecule has 0 atom stereocenters. The van der Waals surface area contributed by atoms with E-state index in [1.807, 2.05) is 6.92 Å². The number of pyridine rings is 1. The van der Waals surface area contributed by atoms with Crippen LogP contribution in [0.15, 0.2) is 6.33 Å². The third kappa shape index (κ3) is 2.50. The molecule has 0 N–H and O–H groups in total. The van der Waals surface area contributed by atoms with Crippen molar-refractivity contribution in [3.8, 4) is 0 Å². The second kappa shape index (κ2) is 5.70. The zero-order valence-electron chi connectivity index (χ0n) is 13.9. The monoisotopic (exact) mass is 345 g/mol. The van der Waals surface area contributed by atoms with Crippen LogP contribution in [0.25, 0.3) is 0 Å². The van der Waals surface area contributed by atoms with Crippen LogP contribution in [0.3, 0.4) is 0 Å². The smallest absolute Gasteiger partial charge is 0.410 e. The Bertz CT molecular complexity index is 786. The van der Waals surface area contributed by atoms with Crippen molar-refractivity contribution in [3.63, 3.8) is 0 Å². The van der Waals surface area contributed by atoms with Gasteiger partial charge in [0.05, 0.1) is 31.9 Å². The zero-order valence-corrected chi connectivity index (χ0v) is 14.8. The molecule has 126 valence electrons. The van der Waals surface area contributed by atoms with Crippen LogP contribution in [0.4, 0.5) is 9.93 Å². The van der Waals surface area contributed by atoms with Gasteiger partial charge in [-0.1, -0.05) is 0 Å². The quantitative estimate of drug-likeness (QED) is 0.831. The average molecular weight is 345 g/mol. The molecule has 24 heavy (non-hydrogen) atoms. The number of aromatic nitrogens is 3. The molecule has 4 heterocycles. The lowest BCUT2D eigenvalue weighted by molar-refractivity contribution is 0.0490. The van der Waals surface area contributed by atoms with Gasteiger partial charge in [0.15, 0.2) is 0 Å². The molecule has 0 aromatic carbocycles. The summed E-state index contributed by atoms with van der Waals surface area (Å²) >= 11 is 1.35. The highest BCUT2D eigenvalue weighted by Gasteiger charge is 2.35. The summed E-state index contributed by atoms with van der Waals surface area (Å²) in [5, 5.41) is 0.877. The van der Waals surface area contributed by atoms with Crippen LogP contribution in [0.5, 0.6) is 0 Å². The van der Waals surface area contributed by atoms with Gasteiger partial charge in [-0.2, -0.15) is 4.37 Å². The summed E-state index contributed by atoms with van der Waals surface area (Å²) in [5.41, 5.74) is 5.64. The number of nitrogens with zero attached hydrogens (tertiary/aromatic N) is 5. The van der Waals surface area contributed by atoms with E-state index >= 15 is 0 Å². The number of aryl methyl sites for hydroxylation is 1. The summed E-state index contributed by atoms with van der Waals surface area (Å²) in [6.45, 7) is 8.66. The molecule has 0 saturated carbocycles. The second-order valence-electron chi connectivity index (χ2n) is 6.36. The fraction of sp³-hybridized carbons (Fsp3) is 0.500. The number of rotatable bonds is 2. The maximum Gasteiger partial charge on any atom is 0.410 e. The first-order valence-electron chi connectivity index (χ1n) is 7.95. The highest BCUT2D eigenvalue weighted by molar-refractivity contribution is 7.09. The van der Waals surface area contributed by atoms with Crippen molar-refractivity contribution in [2.75, 3.05) is 18.0 Å². The summed E-state index contributed by atoms with van der Waals surface area (Å²) < 4.78 is 9.59. The molecule has 2 aromatic rings. The van der Waals surface area contributed by atoms with Crippen LogP contribution < -0.4 is 4.90 Å². The number of carbonyl (C=O) groups is 1. The fourth-order valence-electron chi connectivity index (χ4n) is 3.16. The molecule has 0 spiro atoms. The molecule has 0 radical (unpaired) electrons. The molecule has 0 aliphatic carbocycles. The Morgan fingerprint density at radius 1 is 1.25 bits per heavy atom.